The van der Waals surface area contributed by atoms with Gasteiger partial charge in [0.05, 0.1) is 6.61 Å². The van der Waals surface area contributed by atoms with Gasteiger partial charge in [0.2, 0.25) is 0 Å². The lowest BCUT2D eigenvalue weighted by Gasteiger charge is -2.31. The van der Waals surface area contributed by atoms with E-state index in [0.29, 0.717) is 32.5 Å². The number of amides is 2. The predicted molar refractivity (Wildman–Crippen MR) is 90.6 cm³/mol. The molecule has 1 aliphatic rings. The first-order valence-electron chi connectivity index (χ1n) is 8.58. The van der Waals surface area contributed by atoms with Crippen molar-refractivity contribution < 1.29 is 19.1 Å². The molecular formula is C18H26N2O4. The van der Waals surface area contributed by atoms with Gasteiger partial charge in [-0.25, -0.2) is 9.59 Å². The van der Waals surface area contributed by atoms with Gasteiger partial charge in [-0.3, -0.25) is 0 Å². The molecule has 0 saturated carbocycles. The quantitative estimate of drug-likeness (QED) is 0.811. The number of nitrogens with one attached hydrogen (secondary N) is 1. The van der Waals surface area contributed by atoms with Crippen molar-refractivity contribution in [1.29, 1.82) is 0 Å². The van der Waals surface area contributed by atoms with Crippen molar-refractivity contribution in [3.8, 4) is 0 Å². The minimum Gasteiger partial charge on any atom is -0.449 e. The van der Waals surface area contributed by atoms with Crippen molar-refractivity contribution >= 4 is 12.2 Å². The molecule has 0 atom stereocenters. The molecule has 6 heteroatoms. The number of likely N-dealkylation sites (tertiary alicyclic amines) is 1. The summed E-state index contributed by atoms with van der Waals surface area (Å²) in [5, 5.41) is 2.86. The second kappa shape index (κ2) is 9.80. The number of rotatable bonds is 6. The SMILES string of the molecule is CCCCOC(=O)N1CCC(NC(=O)OCc2ccccc2)CC1. The minimum absolute atomic E-state index is 0.0352. The molecule has 6 nitrogen and oxygen atoms in total. The molecule has 2 rings (SSSR count). The molecule has 132 valence electrons. The second-order valence-corrected chi connectivity index (χ2v) is 5.94. The number of benzene rings is 1. The number of unbranched alkanes of at least 4 members (excludes halogenated alkanes) is 1. The molecule has 24 heavy (non-hydrogen) atoms. The Bertz CT molecular complexity index is 513. The summed E-state index contributed by atoms with van der Waals surface area (Å²) in [4.78, 5) is 25.4. The highest BCUT2D eigenvalue weighted by atomic mass is 16.6. The maximum atomic E-state index is 11.9. The second-order valence-electron chi connectivity index (χ2n) is 5.94. The molecule has 1 heterocycles. The number of carbonyl (C=O) groups is 2. The first-order chi connectivity index (χ1) is 11.7. The number of piperidine rings is 1. The van der Waals surface area contributed by atoms with Crippen LogP contribution in [0.25, 0.3) is 0 Å². The van der Waals surface area contributed by atoms with E-state index in [1.54, 1.807) is 4.90 Å². The molecule has 1 fully saturated rings. The fourth-order valence-electron chi connectivity index (χ4n) is 2.53. The monoisotopic (exact) mass is 334 g/mol. The van der Waals surface area contributed by atoms with E-state index in [-0.39, 0.29) is 18.7 Å². The van der Waals surface area contributed by atoms with Crippen LogP contribution in [0, 0.1) is 0 Å². The van der Waals surface area contributed by atoms with E-state index < -0.39 is 6.09 Å². The third-order valence-electron chi connectivity index (χ3n) is 4.01. The van der Waals surface area contributed by atoms with Crippen LogP contribution in [0.2, 0.25) is 0 Å². The molecule has 1 aromatic rings. The summed E-state index contributed by atoms with van der Waals surface area (Å²) in [6, 6.07) is 9.60. The van der Waals surface area contributed by atoms with E-state index in [9.17, 15) is 9.59 Å². The molecule has 1 N–H and O–H groups in total. The van der Waals surface area contributed by atoms with Gasteiger partial charge in [0.1, 0.15) is 6.61 Å². The van der Waals surface area contributed by atoms with Crippen molar-refractivity contribution in [3.05, 3.63) is 35.9 Å². The number of hydrogen-bond acceptors (Lipinski definition) is 4. The van der Waals surface area contributed by atoms with Gasteiger partial charge >= 0.3 is 12.2 Å². The molecule has 1 aromatic carbocycles. The summed E-state index contributed by atoms with van der Waals surface area (Å²) in [6.45, 7) is 3.97. The summed E-state index contributed by atoms with van der Waals surface area (Å²) in [7, 11) is 0. The Balaban J connectivity index is 1.63. The van der Waals surface area contributed by atoms with E-state index in [0.717, 1.165) is 18.4 Å². The Morgan fingerprint density at radius 3 is 2.54 bits per heavy atom. The average Bonchev–Trinajstić information content (AvgIpc) is 2.61. The van der Waals surface area contributed by atoms with Crippen LogP contribution in [-0.2, 0) is 16.1 Å². The van der Waals surface area contributed by atoms with Gasteiger partial charge in [-0.2, -0.15) is 0 Å². The summed E-state index contributed by atoms with van der Waals surface area (Å²) in [5.74, 6) is 0. The fraction of sp³-hybridized carbons (Fsp3) is 0.556. The van der Waals surface area contributed by atoms with E-state index in [4.69, 9.17) is 9.47 Å². The van der Waals surface area contributed by atoms with Crippen LogP contribution in [0.1, 0.15) is 38.2 Å². The molecule has 1 aliphatic heterocycles. The molecule has 0 radical (unpaired) electrons. The van der Waals surface area contributed by atoms with Gasteiger partial charge in [0.15, 0.2) is 0 Å². The lowest BCUT2D eigenvalue weighted by molar-refractivity contribution is 0.0878. The standard InChI is InChI=1S/C18H26N2O4/c1-2-3-13-23-18(22)20-11-9-16(10-12-20)19-17(21)24-14-15-7-5-4-6-8-15/h4-8,16H,2-3,9-14H2,1H3,(H,19,21). The summed E-state index contributed by atoms with van der Waals surface area (Å²) < 4.78 is 10.4. The first-order valence-corrected chi connectivity index (χ1v) is 8.58. The molecular weight excluding hydrogens is 308 g/mol. The fourth-order valence-corrected chi connectivity index (χ4v) is 2.53. The molecule has 0 aliphatic carbocycles. The molecule has 2 amide bonds. The van der Waals surface area contributed by atoms with Gasteiger partial charge in [0.25, 0.3) is 0 Å². The smallest absolute Gasteiger partial charge is 0.409 e. The van der Waals surface area contributed by atoms with Crippen molar-refractivity contribution in [1.82, 2.24) is 10.2 Å². The highest BCUT2D eigenvalue weighted by molar-refractivity contribution is 5.68. The molecule has 1 saturated heterocycles. The topological polar surface area (TPSA) is 67.9 Å². The van der Waals surface area contributed by atoms with Gasteiger partial charge in [-0.05, 0) is 24.8 Å². The maximum absolute atomic E-state index is 11.9. The highest BCUT2D eigenvalue weighted by Crippen LogP contribution is 2.12. The Kier molecular flexibility index (Phi) is 7.39. The van der Waals surface area contributed by atoms with Crippen LogP contribution in [0.4, 0.5) is 9.59 Å². The van der Waals surface area contributed by atoms with Crippen LogP contribution in [0.15, 0.2) is 30.3 Å². The third-order valence-corrected chi connectivity index (χ3v) is 4.01. The number of hydrogen-bond donors (Lipinski definition) is 1. The van der Waals surface area contributed by atoms with Crippen molar-refractivity contribution in [2.75, 3.05) is 19.7 Å². The van der Waals surface area contributed by atoms with E-state index >= 15 is 0 Å². The van der Waals surface area contributed by atoms with E-state index in [1.807, 2.05) is 30.3 Å². The maximum Gasteiger partial charge on any atom is 0.409 e. The van der Waals surface area contributed by atoms with Crippen LogP contribution in [0.5, 0.6) is 0 Å². The van der Waals surface area contributed by atoms with Gasteiger partial charge in [0, 0.05) is 19.1 Å². The Morgan fingerprint density at radius 2 is 1.88 bits per heavy atom. The number of ether oxygens (including phenoxy) is 2. The third kappa shape index (κ3) is 6.10. The molecule has 0 bridgehead atoms. The van der Waals surface area contributed by atoms with Crippen LogP contribution < -0.4 is 5.32 Å². The van der Waals surface area contributed by atoms with Gasteiger partial charge in [-0.1, -0.05) is 43.7 Å². The van der Waals surface area contributed by atoms with Gasteiger partial charge < -0.3 is 19.7 Å². The zero-order chi connectivity index (χ0) is 17.2. The Labute approximate surface area is 143 Å². The number of alkyl carbamates (subject to hydrolysis) is 1. The molecule has 0 spiro atoms. The van der Waals surface area contributed by atoms with E-state index in [2.05, 4.69) is 12.2 Å². The first kappa shape index (κ1) is 18.1. The number of carbonyl (C=O) groups excluding carboxylic acids is 2. The van der Waals surface area contributed by atoms with Crippen molar-refractivity contribution in [3.63, 3.8) is 0 Å². The van der Waals surface area contributed by atoms with Crippen LogP contribution in [0.3, 0.4) is 0 Å². The number of nitrogens with zero attached hydrogens (tertiary/aromatic N) is 1. The predicted octanol–water partition coefficient (Wildman–Crippen LogP) is 3.31. The highest BCUT2D eigenvalue weighted by Gasteiger charge is 2.24. The minimum atomic E-state index is -0.414. The van der Waals surface area contributed by atoms with Gasteiger partial charge in [-0.15, -0.1) is 0 Å². The van der Waals surface area contributed by atoms with Crippen molar-refractivity contribution in [2.24, 2.45) is 0 Å². The lowest BCUT2D eigenvalue weighted by atomic mass is 10.1. The Morgan fingerprint density at radius 1 is 1.17 bits per heavy atom. The van der Waals surface area contributed by atoms with Crippen LogP contribution >= 0.6 is 0 Å². The molecule has 0 unspecified atom stereocenters. The molecule has 0 aromatic heterocycles. The largest absolute Gasteiger partial charge is 0.449 e. The summed E-state index contributed by atoms with van der Waals surface area (Å²) >= 11 is 0. The average molecular weight is 334 g/mol. The zero-order valence-electron chi connectivity index (χ0n) is 14.2. The normalized spacial score (nSPS) is 15.0. The Hall–Kier alpha value is -2.24. The summed E-state index contributed by atoms with van der Waals surface area (Å²) in [6.07, 6.45) is 2.64. The zero-order valence-corrected chi connectivity index (χ0v) is 14.2. The van der Waals surface area contributed by atoms with E-state index in [1.165, 1.54) is 0 Å². The lowest BCUT2D eigenvalue weighted by Crippen LogP contribution is -2.46. The van der Waals surface area contributed by atoms with Crippen molar-refractivity contribution in [2.45, 2.75) is 45.3 Å². The summed E-state index contributed by atoms with van der Waals surface area (Å²) in [5.41, 5.74) is 0.956. The van der Waals surface area contributed by atoms with Crippen LogP contribution in [-0.4, -0.2) is 42.8 Å².